The lowest BCUT2D eigenvalue weighted by Gasteiger charge is -2.29. The van der Waals surface area contributed by atoms with Gasteiger partial charge < -0.3 is 10.0 Å². The fraction of sp³-hybridized carbons (Fsp3) is 0.909. The summed E-state index contributed by atoms with van der Waals surface area (Å²) in [4.78, 5) is 15.3. The average Bonchev–Trinajstić information content (AvgIpc) is 2.30. The van der Waals surface area contributed by atoms with Crippen molar-refractivity contribution in [2.45, 2.75) is 38.8 Å². The quantitative estimate of drug-likeness (QED) is 0.757. The van der Waals surface area contributed by atoms with Gasteiger partial charge in [0.25, 0.3) is 0 Å². The minimum atomic E-state index is -0.697. The Bertz CT molecular complexity index is 221. The molecule has 0 saturated carbocycles. The van der Waals surface area contributed by atoms with E-state index in [1.807, 2.05) is 7.05 Å². The van der Waals surface area contributed by atoms with Crippen LogP contribution in [0, 0.1) is 0 Å². The molecule has 1 rings (SSSR count). The van der Waals surface area contributed by atoms with Crippen LogP contribution in [0.4, 0.5) is 0 Å². The van der Waals surface area contributed by atoms with Gasteiger partial charge in [-0.3, -0.25) is 9.69 Å². The maximum atomic E-state index is 10.8. The summed E-state index contributed by atoms with van der Waals surface area (Å²) in [7, 11) is 2.03. The van der Waals surface area contributed by atoms with Crippen molar-refractivity contribution in [3.63, 3.8) is 0 Å². The molecule has 4 nitrogen and oxygen atoms in total. The molecule has 1 N–H and O–H groups in total. The van der Waals surface area contributed by atoms with E-state index in [9.17, 15) is 4.79 Å². The van der Waals surface area contributed by atoms with Crippen LogP contribution in [0.1, 0.15) is 26.7 Å². The highest BCUT2D eigenvalue weighted by atomic mass is 16.4. The molecule has 88 valence electrons. The van der Waals surface area contributed by atoms with E-state index in [0.29, 0.717) is 6.04 Å². The number of likely N-dealkylation sites (N-methyl/N-ethyl adjacent to an activating group) is 2. The molecule has 1 heterocycles. The molecular formula is C11H22N2O2. The number of hydrogen-bond donors (Lipinski definition) is 1. The molecular weight excluding hydrogens is 192 g/mol. The van der Waals surface area contributed by atoms with E-state index < -0.39 is 5.97 Å². The Morgan fingerprint density at radius 1 is 1.53 bits per heavy atom. The van der Waals surface area contributed by atoms with Crippen molar-refractivity contribution in [1.29, 1.82) is 0 Å². The minimum Gasteiger partial charge on any atom is -0.481 e. The summed E-state index contributed by atoms with van der Waals surface area (Å²) in [5.41, 5.74) is 0. The Kier molecular flexibility index (Phi) is 4.54. The second kappa shape index (κ2) is 5.47. The van der Waals surface area contributed by atoms with E-state index in [0.717, 1.165) is 26.1 Å². The summed E-state index contributed by atoms with van der Waals surface area (Å²) in [5, 5.41) is 8.86. The predicted octanol–water partition coefficient (Wildman–Crippen LogP) is 0.876. The van der Waals surface area contributed by atoms with Crippen LogP contribution in [-0.4, -0.2) is 59.6 Å². The molecule has 0 aromatic carbocycles. The highest BCUT2D eigenvalue weighted by Crippen LogP contribution is 2.15. The van der Waals surface area contributed by atoms with Gasteiger partial charge in [-0.25, -0.2) is 0 Å². The third-order valence-corrected chi connectivity index (χ3v) is 3.41. The van der Waals surface area contributed by atoms with E-state index in [4.69, 9.17) is 5.11 Å². The Morgan fingerprint density at radius 2 is 2.20 bits per heavy atom. The second-order valence-electron chi connectivity index (χ2n) is 4.46. The Hall–Kier alpha value is -0.610. The van der Waals surface area contributed by atoms with E-state index in [2.05, 4.69) is 23.6 Å². The first-order valence-electron chi connectivity index (χ1n) is 5.70. The fourth-order valence-corrected chi connectivity index (χ4v) is 2.21. The van der Waals surface area contributed by atoms with E-state index in [1.165, 1.54) is 0 Å². The van der Waals surface area contributed by atoms with Crippen molar-refractivity contribution in [3.05, 3.63) is 0 Å². The van der Waals surface area contributed by atoms with Crippen molar-refractivity contribution in [3.8, 4) is 0 Å². The van der Waals surface area contributed by atoms with E-state index in [-0.39, 0.29) is 12.5 Å². The lowest BCUT2D eigenvalue weighted by atomic mass is 10.1. The molecule has 1 saturated heterocycles. The van der Waals surface area contributed by atoms with Crippen LogP contribution >= 0.6 is 0 Å². The first-order valence-corrected chi connectivity index (χ1v) is 5.70. The number of rotatable bonds is 3. The predicted molar refractivity (Wildman–Crippen MR) is 60.0 cm³/mol. The highest BCUT2D eigenvalue weighted by molar-refractivity contribution is 5.67. The number of carboxylic acids is 1. The summed E-state index contributed by atoms with van der Waals surface area (Å²) in [5.74, 6) is -0.697. The molecule has 0 aromatic rings. The molecule has 0 spiro atoms. The zero-order valence-electron chi connectivity index (χ0n) is 9.94. The number of hydrogen-bond acceptors (Lipinski definition) is 3. The lowest BCUT2D eigenvalue weighted by molar-refractivity contribution is -0.138. The smallest absolute Gasteiger partial charge is 0.304 e. The molecule has 0 aliphatic carbocycles. The minimum absolute atomic E-state index is 0.160. The number of aliphatic carboxylic acids is 1. The molecule has 0 aromatic heterocycles. The largest absolute Gasteiger partial charge is 0.481 e. The molecule has 0 amide bonds. The topological polar surface area (TPSA) is 43.8 Å². The number of nitrogens with zero attached hydrogens (tertiary/aromatic N) is 2. The van der Waals surface area contributed by atoms with Crippen LogP contribution in [-0.2, 0) is 4.79 Å². The second-order valence-corrected chi connectivity index (χ2v) is 4.46. The van der Waals surface area contributed by atoms with Crippen molar-refractivity contribution >= 4 is 5.97 Å². The third kappa shape index (κ3) is 3.47. The monoisotopic (exact) mass is 214 g/mol. The molecule has 1 fully saturated rings. The van der Waals surface area contributed by atoms with Crippen molar-refractivity contribution in [1.82, 2.24) is 9.80 Å². The first kappa shape index (κ1) is 12.5. The van der Waals surface area contributed by atoms with Crippen molar-refractivity contribution in [2.24, 2.45) is 0 Å². The maximum absolute atomic E-state index is 10.8. The van der Waals surface area contributed by atoms with Gasteiger partial charge >= 0.3 is 5.97 Å². The summed E-state index contributed by atoms with van der Waals surface area (Å²) in [6.45, 7) is 7.24. The zero-order chi connectivity index (χ0) is 11.4. The van der Waals surface area contributed by atoms with Gasteiger partial charge in [0.05, 0.1) is 6.42 Å². The standard InChI is InChI=1S/C11H22N2O2/c1-4-13-8-10(7-11(14)15)12(3)6-5-9(13)2/h9-10H,4-8H2,1-3H3,(H,14,15). The Morgan fingerprint density at radius 3 is 2.73 bits per heavy atom. The summed E-state index contributed by atoms with van der Waals surface area (Å²) in [6, 6.07) is 0.726. The average molecular weight is 214 g/mol. The van der Waals surface area contributed by atoms with Gasteiger partial charge in [0.1, 0.15) is 0 Å². The zero-order valence-corrected chi connectivity index (χ0v) is 9.94. The van der Waals surface area contributed by atoms with Gasteiger partial charge in [0, 0.05) is 18.6 Å². The maximum Gasteiger partial charge on any atom is 0.304 e. The molecule has 2 unspecified atom stereocenters. The molecule has 1 aliphatic heterocycles. The fourth-order valence-electron chi connectivity index (χ4n) is 2.21. The van der Waals surface area contributed by atoms with Gasteiger partial charge in [0.15, 0.2) is 0 Å². The van der Waals surface area contributed by atoms with Crippen LogP contribution < -0.4 is 0 Å². The van der Waals surface area contributed by atoms with Gasteiger partial charge in [-0.15, -0.1) is 0 Å². The van der Waals surface area contributed by atoms with Crippen LogP contribution in [0.3, 0.4) is 0 Å². The molecule has 0 radical (unpaired) electrons. The molecule has 15 heavy (non-hydrogen) atoms. The van der Waals surface area contributed by atoms with Crippen LogP contribution in [0.5, 0.6) is 0 Å². The summed E-state index contributed by atoms with van der Waals surface area (Å²) >= 11 is 0. The molecule has 4 heteroatoms. The van der Waals surface area contributed by atoms with Crippen LogP contribution in [0.25, 0.3) is 0 Å². The van der Waals surface area contributed by atoms with Crippen molar-refractivity contribution in [2.75, 3.05) is 26.7 Å². The number of carbonyl (C=O) groups is 1. The SMILES string of the molecule is CCN1CC(CC(=O)O)N(C)CCC1C. The van der Waals surface area contributed by atoms with Crippen molar-refractivity contribution < 1.29 is 9.90 Å². The van der Waals surface area contributed by atoms with Gasteiger partial charge in [-0.2, -0.15) is 0 Å². The normalized spacial score (nSPS) is 30.1. The van der Waals surface area contributed by atoms with Gasteiger partial charge in [0.2, 0.25) is 0 Å². The third-order valence-electron chi connectivity index (χ3n) is 3.41. The molecule has 1 aliphatic rings. The van der Waals surface area contributed by atoms with Crippen LogP contribution in [0.2, 0.25) is 0 Å². The summed E-state index contributed by atoms with van der Waals surface area (Å²) in [6.07, 6.45) is 1.38. The highest BCUT2D eigenvalue weighted by Gasteiger charge is 2.26. The Balaban J connectivity index is 2.63. The Labute approximate surface area is 91.9 Å². The molecule has 0 bridgehead atoms. The van der Waals surface area contributed by atoms with Crippen LogP contribution in [0.15, 0.2) is 0 Å². The number of carboxylic acid groups (broad SMARTS) is 1. The van der Waals surface area contributed by atoms with Gasteiger partial charge in [-0.05, 0) is 33.5 Å². The van der Waals surface area contributed by atoms with E-state index in [1.54, 1.807) is 0 Å². The summed E-state index contributed by atoms with van der Waals surface area (Å²) < 4.78 is 0. The lowest BCUT2D eigenvalue weighted by Crippen LogP contribution is -2.41. The van der Waals surface area contributed by atoms with Gasteiger partial charge in [-0.1, -0.05) is 6.92 Å². The molecule has 2 atom stereocenters. The van der Waals surface area contributed by atoms with E-state index >= 15 is 0 Å². The first-order chi connectivity index (χ1) is 7.04.